The van der Waals surface area contributed by atoms with Gasteiger partial charge in [0.15, 0.2) is 0 Å². The van der Waals surface area contributed by atoms with Crippen LogP contribution in [0.3, 0.4) is 0 Å². The average molecular weight is 355 g/mol. The van der Waals surface area contributed by atoms with E-state index < -0.39 is 0 Å². The molecule has 6 heteroatoms. The summed E-state index contributed by atoms with van der Waals surface area (Å²) < 4.78 is 5.19. The number of fused-ring (bicyclic) bond motifs is 2. The van der Waals surface area contributed by atoms with Crippen LogP contribution in [-0.4, -0.2) is 36.1 Å². The van der Waals surface area contributed by atoms with Crippen LogP contribution in [0.2, 0.25) is 0 Å². The number of carbonyl (C=O) groups is 1. The normalized spacial score (nSPS) is 24.3. The quantitative estimate of drug-likeness (QED) is 0.863. The third-order valence-electron chi connectivity index (χ3n) is 4.89. The second-order valence-electron chi connectivity index (χ2n) is 6.55. The summed E-state index contributed by atoms with van der Waals surface area (Å²) in [4.78, 5) is 18.7. The van der Waals surface area contributed by atoms with Gasteiger partial charge in [0.25, 0.3) is 5.91 Å². The topological polar surface area (TPSA) is 63.2 Å². The molecule has 3 heterocycles. The molecular formula is C19H21N3O2S. The van der Waals surface area contributed by atoms with Gasteiger partial charge in [-0.2, -0.15) is 0 Å². The van der Waals surface area contributed by atoms with Crippen LogP contribution >= 0.6 is 11.8 Å². The molecule has 1 aromatic heterocycles. The van der Waals surface area contributed by atoms with Gasteiger partial charge in [0.1, 0.15) is 5.75 Å². The summed E-state index contributed by atoms with van der Waals surface area (Å²) in [5, 5.41) is 6.72. The summed E-state index contributed by atoms with van der Waals surface area (Å²) in [5.74, 6) is 0.749. The minimum Gasteiger partial charge on any atom is -0.495 e. The number of hydrogen-bond donors (Lipinski definition) is 2. The van der Waals surface area contributed by atoms with Gasteiger partial charge in [-0.25, -0.2) is 0 Å². The van der Waals surface area contributed by atoms with Crippen LogP contribution in [0.1, 0.15) is 29.6 Å². The summed E-state index contributed by atoms with van der Waals surface area (Å²) in [7, 11) is 1.63. The van der Waals surface area contributed by atoms with Crippen molar-refractivity contribution in [2.45, 2.75) is 47.2 Å². The van der Waals surface area contributed by atoms with Gasteiger partial charge in [-0.15, -0.1) is 0 Å². The molecule has 2 aliphatic heterocycles. The Balaban J connectivity index is 1.38. The molecule has 1 amide bonds. The highest BCUT2D eigenvalue weighted by Gasteiger charge is 2.39. The summed E-state index contributed by atoms with van der Waals surface area (Å²) in [6, 6.07) is 11.0. The Labute approximate surface area is 151 Å². The first kappa shape index (κ1) is 16.4. The highest BCUT2D eigenvalue weighted by molar-refractivity contribution is 7.99. The fraction of sp³-hybridized carbons (Fsp3) is 0.368. The minimum absolute atomic E-state index is 0.0129. The molecule has 5 nitrogen and oxygen atoms in total. The SMILES string of the molecule is COc1cncc(Sc2ccc(C(=O)NC3CC4CCC3N4)cc2)c1. The minimum atomic E-state index is 0.0129. The number of amides is 1. The van der Waals surface area contributed by atoms with Gasteiger partial charge >= 0.3 is 0 Å². The van der Waals surface area contributed by atoms with E-state index in [1.54, 1.807) is 31.3 Å². The number of rotatable bonds is 5. The maximum atomic E-state index is 12.5. The van der Waals surface area contributed by atoms with Crippen molar-refractivity contribution in [2.75, 3.05) is 7.11 Å². The lowest BCUT2D eigenvalue weighted by Crippen LogP contribution is -2.42. The highest BCUT2D eigenvalue weighted by atomic mass is 32.2. The van der Waals surface area contributed by atoms with E-state index in [0.717, 1.165) is 22.0 Å². The first-order chi connectivity index (χ1) is 12.2. The van der Waals surface area contributed by atoms with Crippen LogP contribution < -0.4 is 15.4 Å². The molecule has 0 aliphatic carbocycles. The number of nitrogens with one attached hydrogen (secondary N) is 2. The maximum Gasteiger partial charge on any atom is 0.251 e. The Morgan fingerprint density at radius 1 is 1.24 bits per heavy atom. The van der Waals surface area contributed by atoms with Gasteiger partial charge in [0.2, 0.25) is 0 Å². The van der Waals surface area contributed by atoms with Crippen molar-refractivity contribution in [1.82, 2.24) is 15.6 Å². The Morgan fingerprint density at radius 2 is 2.08 bits per heavy atom. The molecule has 1 aromatic carbocycles. The van der Waals surface area contributed by atoms with Gasteiger partial charge in [-0.1, -0.05) is 11.8 Å². The molecule has 2 N–H and O–H groups in total. The molecule has 0 radical (unpaired) electrons. The first-order valence-electron chi connectivity index (χ1n) is 8.55. The van der Waals surface area contributed by atoms with E-state index in [-0.39, 0.29) is 11.9 Å². The van der Waals surface area contributed by atoms with Gasteiger partial charge in [0.05, 0.1) is 13.3 Å². The molecule has 2 aromatic rings. The van der Waals surface area contributed by atoms with Crippen molar-refractivity contribution < 1.29 is 9.53 Å². The third-order valence-corrected chi connectivity index (χ3v) is 5.86. The number of pyridine rings is 1. The first-order valence-corrected chi connectivity index (χ1v) is 9.37. The monoisotopic (exact) mass is 355 g/mol. The van der Waals surface area contributed by atoms with Gasteiger partial charge in [-0.3, -0.25) is 9.78 Å². The van der Waals surface area contributed by atoms with Crippen LogP contribution in [0.25, 0.3) is 0 Å². The van der Waals surface area contributed by atoms with Crippen molar-refractivity contribution >= 4 is 17.7 Å². The van der Waals surface area contributed by atoms with Crippen LogP contribution in [-0.2, 0) is 0 Å². The largest absolute Gasteiger partial charge is 0.495 e. The van der Waals surface area contributed by atoms with Gasteiger partial charge < -0.3 is 15.4 Å². The summed E-state index contributed by atoms with van der Waals surface area (Å²) >= 11 is 1.60. The molecule has 2 saturated heterocycles. The lowest BCUT2D eigenvalue weighted by atomic mass is 9.95. The van der Waals surface area contributed by atoms with Crippen LogP contribution in [0, 0.1) is 0 Å². The molecule has 4 rings (SSSR count). The van der Waals surface area contributed by atoms with E-state index in [9.17, 15) is 4.79 Å². The Kier molecular flexibility index (Phi) is 4.63. The van der Waals surface area contributed by atoms with Crippen LogP contribution in [0.4, 0.5) is 0 Å². The zero-order chi connectivity index (χ0) is 17.2. The van der Waals surface area contributed by atoms with E-state index in [4.69, 9.17) is 4.74 Å². The summed E-state index contributed by atoms with van der Waals surface area (Å²) in [5.41, 5.74) is 0.705. The van der Waals surface area contributed by atoms with Gasteiger partial charge in [-0.05, 0) is 49.6 Å². The van der Waals surface area contributed by atoms with Crippen LogP contribution in [0.15, 0.2) is 52.5 Å². The number of benzene rings is 1. The zero-order valence-electron chi connectivity index (χ0n) is 14.1. The number of carbonyl (C=O) groups excluding carboxylic acids is 1. The second-order valence-corrected chi connectivity index (χ2v) is 7.70. The number of hydrogen-bond acceptors (Lipinski definition) is 5. The third kappa shape index (κ3) is 3.65. The molecule has 0 saturated carbocycles. The van der Waals surface area contributed by atoms with Crippen LogP contribution in [0.5, 0.6) is 5.75 Å². The van der Waals surface area contributed by atoms with E-state index in [1.165, 1.54) is 12.8 Å². The fourth-order valence-electron chi connectivity index (χ4n) is 3.61. The standard InChI is InChI=1S/C19H21N3O2S/c1-24-14-9-16(11-20-10-14)25-15-5-2-12(3-6-15)19(23)22-18-8-13-4-7-17(18)21-13/h2-3,5-6,9-11,13,17-18,21H,4,7-8H2,1H3,(H,22,23). The molecular weight excluding hydrogens is 334 g/mol. The molecule has 2 bridgehead atoms. The van der Waals surface area contributed by atoms with E-state index in [0.29, 0.717) is 17.6 Å². The second kappa shape index (κ2) is 7.06. The van der Waals surface area contributed by atoms with E-state index in [1.807, 2.05) is 30.3 Å². The van der Waals surface area contributed by atoms with Crippen molar-refractivity contribution in [3.8, 4) is 5.75 Å². The zero-order valence-corrected chi connectivity index (χ0v) is 14.9. The van der Waals surface area contributed by atoms with Gasteiger partial charge in [0, 0.05) is 39.7 Å². The molecule has 3 atom stereocenters. The van der Waals surface area contributed by atoms with E-state index in [2.05, 4.69) is 15.6 Å². The Hall–Kier alpha value is -2.05. The fourth-order valence-corrected chi connectivity index (χ4v) is 4.45. The average Bonchev–Trinajstić information content (AvgIpc) is 3.25. The number of methoxy groups -OCH3 is 1. The Morgan fingerprint density at radius 3 is 2.76 bits per heavy atom. The lowest BCUT2D eigenvalue weighted by Gasteiger charge is -2.21. The van der Waals surface area contributed by atoms with Crippen molar-refractivity contribution in [2.24, 2.45) is 0 Å². The highest BCUT2D eigenvalue weighted by Crippen LogP contribution is 2.30. The molecule has 2 fully saturated rings. The Bertz CT molecular complexity index is 766. The molecule has 3 unspecified atom stereocenters. The number of nitrogens with zero attached hydrogens (tertiary/aromatic N) is 1. The van der Waals surface area contributed by atoms with E-state index >= 15 is 0 Å². The summed E-state index contributed by atoms with van der Waals surface area (Å²) in [6.07, 6.45) is 6.94. The number of ether oxygens (including phenoxy) is 1. The molecule has 25 heavy (non-hydrogen) atoms. The smallest absolute Gasteiger partial charge is 0.251 e. The number of aromatic nitrogens is 1. The molecule has 130 valence electrons. The maximum absolute atomic E-state index is 12.5. The predicted molar refractivity (Wildman–Crippen MR) is 97.2 cm³/mol. The lowest BCUT2D eigenvalue weighted by molar-refractivity contribution is 0.0931. The molecule has 0 spiro atoms. The van der Waals surface area contributed by atoms with Crippen molar-refractivity contribution in [3.63, 3.8) is 0 Å². The predicted octanol–water partition coefficient (Wildman–Crippen LogP) is 2.86. The summed E-state index contributed by atoms with van der Waals surface area (Å²) in [6.45, 7) is 0. The van der Waals surface area contributed by atoms with Crippen molar-refractivity contribution in [1.29, 1.82) is 0 Å². The molecule has 2 aliphatic rings. The van der Waals surface area contributed by atoms with Crippen molar-refractivity contribution in [3.05, 3.63) is 48.3 Å².